The van der Waals surface area contributed by atoms with E-state index in [1.54, 1.807) is 4.90 Å². The molecule has 0 radical (unpaired) electrons. The van der Waals surface area contributed by atoms with Gasteiger partial charge in [-0.3, -0.25) is 9.69 Å². The van der Waals surface area contributed by atoms with Crippen LogP contribution >= 0.6 is 0 Å². The number of rotatable bonds is 5. The largest absolute Gasteiger partial charge is 0.457 e. The van der Waals surface area contributed by atoms with Gasteiger partial charge in [0, 0.05) is 37.0 Å². The van der Waals surface area contributed by atoms with Gasteiger partial charge in [-0.25, -0.2) is 8.78 Å². The standard InChI is InChI=1S/C24H22F2N2O2/c1-17-24(29)28(14-13-27(17)16-18-7-8-19(25)15-23(18)26)20-9-11-22(12-10-20)30-21-5-3-2-4-6-21/h2-12,15,17H,13-14,16H2,1H3/t17-/m1/s1. The minimum Gasteiger partial charge on any atom is -0.457 e. The number of hydrogen-bond acceptors (Lipinski definition) is 3. The molecular formula is C24H22F2N2O2. The van der Waals surface area contributed by atoms with Gasteiger partial charge in [-0.05, 0) is 49.4 Å². The van der Waals surface area contributed by atoms with Crippen LogP contribution < -0.4 is 9.64 Å². The quantitative estimate of drug-likeness (QED) is 0.596. The Balaban J connectivity index is 1.42. The van der Waals surface area contributed by atoms with Gasteiger partial charge in [0.2, 0.25) is 5.91 Å². The Morgan fingerprint density at radius 3 is 2.33 bits per heavy atom. The molecule has 1 atom stereocenters. The van der Waals surface area contributed by atoms with Gasteiger partial charge < -0.3 is 9.64 Å². The molecule has 3 aromatic carbocycles. The van der Waals surface area contributed by atoms with Gasteiger partial charge in [0.1, 0.15) is 23.1 Å². The number of halogens is 2. The van der Waals surface area contributed by atoms with E-state index in [1.165, 1.54) is 12.1 Å². The van der Waals surface area contributed by atoms with Crippen LogP contribution in [-0.4, -0.2) is 29.9 Å². The summed E-state index contributed by atoms with van der Waals surface area (Å²) in [5, 5.41) is 0. The minimum atomic E-state index is -0.607. The summed E-state index contributed by atoms with van der Waals surface area (Å²) in [6.45, 7) is 3.15. The number of piperazine rings is 1. The molecule has 1 aliphatic rings. The van der Waals surface area contributed by atoms with Gasteiger partial charge in [0.15, 0.2) is 0 Å². The minimum absolute atomic E-state index is 0.0551. The van der Waals surface area contributed by atoms with E-state index in [0.717, 1.165) is 17.5 Å². The summed E-state index contributed by atoms with van der Waals surface area (Å²) in [6, 6.07) is 20.0. The van der Waals surface area contributed by atoms with Crippen molar-refractivity contribution in [1.29, 1.82) is 0 Å². The Hall–Kier alpha value is -3.25. The van der Waals surface area contributed by atoms with Gasteiger partial charge in [-0.2, -0.15) is 0 Å². The molecule has 0 spiro atoms. The van der Waals surface area contributed by atoms with Gasteiger partial charge in [0.25, 0.3) is 0 Å². The fourth-order valence-electron chi connectivity index (χ4n) is 3.57. The van der Waals surface area contributed by atoms with E-state index in [-0.39, 0.29) is 12.5 Å². The van der Waals surface area contributed by atoms with Crippen molar-refractivity contribution in [3.63, 3.8) is 0 Å². The molecule has 1 saturated heterocycles. The molecule has 0 bridgehead atoms. The van der Waals surface area contributed by atoms with Crippen LogP contribution in [-0.2, 0) is 11.3 Å². The average Bonchev–Trinajstić information content (AvgIpc) is 2.75. The number of nitrogens with zero attached hydrogens (tertiary/aromatic N) is 2. The van der Waals surface area contributed by atoms with Crippen LogP contribution in [0.15, 0.2) is 72.8 Å². The summed E-state index contributed by atoms with van der Waals surface area (Å²) < 4.78 is 32.9. The topological polar surface area (TPSA) is 32.8 Å². The van der Waals surface area contributed by atoms with Crippen LogP contribution in [0.2, 0.25) is 0 Å². The van der Waals surface area contributed by atoms with Crippen LogP contribution in [0.5, 0.6) is 11.5 Å². The van der Waals surface area contributed by atoms with Crippen molar-refractivity contribution < 1.29 is 18.3 Å². The SMILES string of the molecule is C[C@@H]1C(=O)N(c2ccc(Oc3ccccc3)cc2)CCN1Cc1ccc(F)cc1F. The average molecular weight is 408 g/mol. The summed E-state index contributed by atoms with van der Waals surface area (Å²) in [6.07, 6.45) is 0. The predicted octanol–water partition coefficient (Wildman–Crippen LogP) is 4.99. The van der Waals surface area contributed by atoms with Crippen LogP contribution in [0, 0.1) is 11.6 Å². The van der Waals surface area contributed by atoms with E-state index in [4.69, 9.17) is 4.74 Å². The fraction of sp³-hybridized carbons (Fsp3) is 0.208. The van der Waals surface area contributed by atoms with E-state index in [0.29, 0.717) is 24.4 Å². The fourth-order valence-corrected chi connectivity index (χ4v) is 3.57. The number of benzene rings is 3. The zero-order valence-electron chi connectivity index (χ0n) is 16.6. The van der Waals surface area contributed by atoms with Crippen molar-refractivity contribution in [2.45, 2.75) is 19.5 Å². The maximum atomic E-state index is 14.0. The van der Waals surface area contributed by atoms with E-state index in [2.05, 4.69) is 0 Å². The summed E-state index contributed by atoms with van der Waals surface area (Å²) in [5.41, 5.74) is 1.17. The molecule has 1 amide bonds. The van der Waals surface area contributed by atoms with E-state index < -0.39 is 17.7 Å². The summed E-state index contributed by atoms with van der Waals surface area (Å²) in [4.78, 5) is 16.6. The summed E-state index contributed by atoms with van der Waals surface area (Å²) in [7, 11) is 0. The number of hydrogen-bond donors (Lipinski definition) is 0. The highest BCUT2D eigenvalue weighted by Crippen LogP contribution is 2.27. The Bertz CT molecular complexity index is 1030. The number of carbonyl (C=O) groups excluding carboxylic acids is 1. The zero-order valence-corrected chi connectivity index (χ0v) is 16.6. The molecular weight excluding hydrogens is 386 g/mol. The highest BCUT2D eigenvalue weighted by Gasteiger charge is 2.32. The lowest BCUT2D eigenvalue weighted by Gasteiger charge is -2.39. The molecule has 0 aliphatic carbocycles. The third kappa shape index (κ3) is 4.33. The second-order valence-electron chi connectivity index (χ2n) is 7.28. The monoisotopic (exact) mass is 408 g/mol. The Kier molecular flexibility index (Phi) is 5.77. The number of carbonyl (C=O) groups is 1. The van der Waals surface area contributed by atoms with Gasteiger partial charge in [-0.15, -0.1) is 0 Å². The molecule has 30 heavy (non-hydrogen) atoms. The smallest absolute Gasteiger partial charge is 0.244 e. The summed E-state index contributed by atoms with van der Waals surface area (Å²) >= 11 is 0. The molecule has 1 fully saturated rings. The molecule has 4 rings (SSSR count). The molecule has 154 valence electrons. The van der Waals surface area contributed by atoms with Crippen molar-refractivity contribution in [3.05, 3.63) is 90.0 Å². The highest BCUT2D eigenvalue weighted by molar-refractivity contribution is 5.97. The van der Waals surface area contributed by atoms with Crippen molar-refractivity contribution >= 4 is 11.6 Å². The maximum Gasteiger partial charge on any atom is 0.244 e. The van der Waals surface area contributed by atoms with E-state index in [1.807, 2.05) is 66.4 Å². The first-order valence-electron chi connectivity index (χ1n) is 9.83. The predicted molar refractivity (Wildman–Crippen MR) is 112 cm³/mol. The molecule has 1 heterocycles. The van der Waals surface area contributed by atoms with Crippen molar-refractivity contribution in [3.8, 4) is 11.5 Å². The number of anilines is 1. The Morgan fingerprint density at radius 1 is 0.933 bits per heavy atom. The van der Waals surface area contributed by atoms with Crippen LogP contribution in [0.25, 0.3) is 0 Å². The Morgan fingerprint density at radius 2 is 1.63 bits per heavy atom. The molecule has 6 heteroatoms. The lowest BCUT2D eigenvalue weighted by Crippen LogP contribution is -2.55. The second-order valence-corrected chi connectivity index (χ2v) is 7.28. The molecule has 0 unspecified atom stereocenters. The number of para-hydroxylation sites is 1. The first kappa shape index (κ1) is 20.0. The highest BCUT2D eigenvalue weighted by atomic mass is 19.1. The van der Waals surface area contributed by atoms with Gasteiger partial charge in [-0.1, -0.05) is 24.3 Å². The van der Waals surface area contributed by atoms with Gasteiger partial charge in [0.05, 0.1) is 6.04 Å². The lowest BCUT2D eigenvalue weighted by molar-refractivity contribution is -0.125. The number of ether oxygens (including phenoxy) is 1. The summed E-state index contributed by atoms with van der Waals surface area (Å²) in [5.74, 6) is 0.184. The molecule has 0 aromatic heterocycles. The number of amides is 1. The van der Waals surface area contributed by atoms with Crippen molar-refractivity contribution in [1.82, 2.24) is 4.90 Å². The first-order valence-corrected chi connectivity index (χ1v) is 9.83. The molecule has 0 N–H and O–H groups in total. The maximum absolute atomic E-state index is 14.0. The normalized spacial score (nSPS) is 17.2. The lowest BCUT2D eigenvalue weighted by atomic mass is 10.1. The van der Waals surface area contributed by atoms with Crippen LogP contribution in [0.3, 0.4) is 0 Å². The zero-order chi connectivity index (χ0) is 21.1. The molecule has 3 aromatic rings. The van der Waals surface area contributed by atoms with Crippen LogP contribution in [0.4, 0.5) is 14.5 Å². The molecule has 4 nitrogen and oxygen atoms in total. The van der Waals surface area contributed by atoms with Gasteiger partial charge >= 0.3 is 0 Å². The second kappa shape index (κ2) is 8.63. The first-order chi connectivity index (χ1) is 14.5. The van der Waals surface area contributed by atoms with Crippen LogP contribution in [0.1, 0.15) is 12.5 Å². The molecule has 1 aliphatic heterocycles. The van der Waals surface area contributed by atoms with E-state index >= 15 is 0 Å². The van der Waals surface area contributed by atoms with Crippen molar-refractivity contribution in [2.75, 3.05) is 18.0 Å². The molecule has 0 saturated carbocycles. The van der Waals surface area contributed by atoms with Crippen molar-refractivity contribution in [2.24, 2.45) is 0 Å². The van der Waals surface area contributed by atoms with E-state index in [9.17, 15) is 13.6 Å². The third-order valence-electron chi connectivity index (χ3n) is 5.30. The third-order valence-corrected chi connectivity index (χ3v) is 5.30. The Labute approximate surface area is 174 Å².